The molecule has 0 saturated carbocycles. The summed E-state index contributed by atoms with van der Waals surface area (Å²) in [5.74, 6) is 2.39. The summed E-state index contributed by atoms with van der Waals surface area (Å²) in [5, 5.41) is 0. The molecule has 4 heteroatoms. The Morgan fingerprint density at radius 2 is 1.34 bits per heavy atom. The Morgan fingerprint density at radius 1 is 0.732 bits per heavy atom. The number of unbranched alkanes of at least 4 members (excludes halogenated alkanes) is 3. The molecule has 0 aliphatic carbocycles. The molecule has 0 aliphatic rings. The van der Waals surface area contributed by atoms with Gasteiger partial charge in [-0.05, 0) is 118 Å². The van der Waals surface area contributed by atoms with E-state index in [4.69, 9.17) is 14.2 Å². The van der Waals surface area contributed by atoms with Crippen LogP contribution in [0.3, 0.4) is 0 Å². The predicted molar refractivity (Wildman–Crippen MR) is 170 cm³/mol. The first kappa shape index (κ1) is 32.0. The number of rotatable bonds is 17. The number of esters is 1. The number of hydrogen-bond donors (Lipinski definition) is 0. The van der Waals surface area contributed by atoms with Gasteiger partial charge in [-0.3, -0.25) is 0 Å². The number of carbonyl (C=O) groups excluding carboxylic acids is 1. The smallest absolute Gasteiger partial charge is 0.343 e. The summed E-state index contributed by atoms with van der Waals surface area (Å²) >= 11 is 0. The number of ether oxygens (including phenoxy) is 3. The first-order valence-corrected chi connectivity index (χ1v) is 15.3. The summed E-state index contributed by atoms with van der Waals surface area (Å²) < 4.78 is 17.6. The van der Waals surface area contributed by atoms with Gasteiger partial charge in [0.25, 0.3) is 0 Å². The lowest BCUT2D eigenvalue weighted by atomic mass is 10.0. The minimum absolute atomic E-state index is 0.215. The Kier molecular flexibility index (Phi) is 13.5. The van der Waals surface area contributed by atoms with Gasteiger partial charge < -0.3 is 14.2 Å². The minimum atomic E-state index is -0.387. The van der Waals surface area contributed by atoms with E-state index in [0.717, 1.165) is 41.9 Å². The van der Waals surface area contributed by atoms with Gasteiger partial charge in [-0.15, -0.1) is 0 Å². The maximum Gasteiger partial charge on any atom is 0.343 e. The van der Waals surface area contributed by atoms with E-state index in [2.05, 4.69) is 52.8 Å². The Hall–Kier alpha value is -3.53. The van der Waals surface area contributed by atoms with E-state index in [1.54, 1.807) is 12.1 Å². The number of hydrogen-bond acceptors (Lipinski definition) is 4. The maximum atomic E-state index is 12.7. The molecule has 0 bridgehead atoms. The lowest BCUT2D eigenvalue weighted by Gasteiger charge is -2.15. The molecule has 0 aliphatic heterocycles. The van der Waals surface area contributed by atoms with Crippen LogP contribution in [-0.4, -0.2) is 18.7 Å². The van der Waals surface area contributed by atoms with Crippen LogP contribution in [0.15, 0.2) is 84.4 Å². The molecule has 41 heavy (non-hydrogen) atoms. The van der Waals surface area contributed by atoms with Crippen molar-refractivity contribution in [2.45, 2.75) is 92.1 Å². The number of allylic oxidation sites excluding steroid dienone is 2. The van der Waals surface area contributed by atoms with Crippen LogP contribution < -0.4 is 14.2 Å². The first-order valence-electron chi connectivity index (χ1n) is 15.3. The molecule has 3 rings (SSSR count). The fraction of sp³-hybridized carbons (Fsp3) is 0.432. The van der Waals surface area contributed by atoms with Gasteiger partial charge >= 0.3 is 5.97 Å². The molecule has 4 nitrogen and oxygen atoms in total. The lowest BCUT2D eigenvalue weighted by molar-refractivity contribution is 0.0734. The highest BCUT2D eigenvalue weighted by atomic mass is 16.5. The van der Waals surface area contributed by atoms with Crippen LogP contribution in [0.5, 0.6) is 17.2 Å². The van der Waals surface area contributed by atoms with E-state index >= 15 is 0 Å². The molecule has 220 valence electrons. The highest BCUT2D eigenvalue weighted by molar-refractivity contribution is 5.91. The minimum Gasteiger partial charge on any atom is -0.494 e. The predicted octanol–water partition coefficient (Wildman–Crippen LogP) is 10.5. The van der Waals surface area contributed by atoms with Crippen molar-refractivity contribution in [3.05, 3.63) is 90.0 Å². The molecule has 0 fully saturated rings. The highest BCUT2D eigenvalue weighted by Crippen LogP contribution is 2.26. The van der Waals surface area contributed by atoms with E-state index in [1.165, 1.54) is 37.7 Å². The molecule has 2 unspecified atom stereocenters. The molecule has 0 N–H and O–H groups in total. The molecule has 0 radical (unpaired) electrons. The van der Waals surface area contributed by atoms with Crippen molar-refractivity contribution in [3.63, 3.8) is 0 Å². The number of benzene rings is 3. The SMILES string of the molecule is CCCCCCC(C)Oc1ccc(-c2ccc(OC(=O)c3ccc(OCCC(C)CCC=C(C)C)cc3)cc2)cc1. The van der Waals surface area contributed by atoms with Crippen molar-refractivity contribution >= 4 is 5.97 Å². The molecule has 0 saturated heterocycles. The molecule has 3 aromatic rings. The topological polar surface area (TPSA) is 44.8 Å². The fourth-order valence-electron chi connectivity index (χ4n) is 4.62. The molecule has 0 aromatic heterocycles. The lowest BCUT2D eigenvalue weighted by Crippen LogP contribution is -2.11. The van der Waals surface area contributed by atoms with Gasteiger partial charge in [0, 0.05) is 0 Å². The Bertz CT molecular complexity index is 1190. The largest absolute Gasteiger partial charge is 0.494 e. The van der Waals surface area contributed by atoms with Gasteiger partial charge in [0.1, 0.15) is 17.2 Å². The average molecular weight is 557 g/mol. The molecule has 2 atom stereocenters. The van der Waals surface area contributed by atoms with E-state index in [-0.39, 0.29) is 12.1 Å². The summed E-state index contributed by atoms with van der Waals surface area (Å²) in [7, 11) is 0. The Morgan fingerprint density at radius 3 is 1.95 bits per heavy atom. The van der Waals surface area contributed by atoms with E-state index in [9.17, 15) is 4.79 Å². The molecular formula is C37H48O4. The summed E-state index contributed by atoms with van der Waals surface area (Å²) in [6.07, 6.45) is 11.9. The maximum absolute atomic E-state index is 12.7. The van der Waals surface area contributed by atoms with Crippen molar-refractivity contribution < 1.29 is 19.0 Å². The van der Waals surface area contributed by atoms with E-state index in [0.29, 0.717) is 23.8 Å². The second-order valence-corrected chi connectivity index (χ2v) is 11.3. The monoisotopic (exact) mass is 556 g/mol. The van der Waals surface area contributed by atoms with Crippen LogP contribution >= 0.6 is 0 Å². The number of carbonyl (C=O) groups is 1. The third-order valence-corrected chi connectivity index (χ3v) is 7.24. The fourth-order valence-corrected chi connectivity index (χ4v) is 4.62. The summed E-state index contributed by atoms with van der Waals surface area (Å²) in [6, 6.07) is 22.9. The normalized spacial score (nSPS) is 12.3. The van der Waals surface area contributed by atoms with Gasteiger partial charge in [0.05, 0.1) is 18.3 Å². The Balaban J connectivity index is 1.43. The van der Waals surface area contributed by atoms with Crippen molar-refractivity contribution in [3.8, 4) is 28.4 Å². The first-order chi connectivity index (χ1) is 19.8. The zero-order chi connectivity index (χ0) is 29.5. The standard InChI is InChI=1S/C37H48O4/c1-6-7-8-9-13-30(5)40-35-22-14-31(15-23-35)32-16-24-36(25-17-32)41-37(38)33-18-20-34(21-19-33)39-27-26-29(4)12-10-11-28(2)3/h11,14-25,29-30H,6-10,12-13,26-27H2,1-5H3. The quantitative estimate of drug-likeness (QED) is 0.0718. The van der Waals surface area contributed by atoms with Crippen LogP contribution in [-0.2, 0) is 0 Å². The zero-order valence-corrected chi connectivity index (χ0v) is 25.7. The summed E-state index contributed by atoms with van der Waals surface area (Å²) in [5.41, 5.74) is 4.00. The third-order valence-electron chi connectivity index (χ3n) is 7.24. The van der Waals surface area contributed by atoms with Crippen LogP contribution in [0, 0.1) is 5.92 Å². The molecule has 0 heterocycles. The zero-order valence-electron chi connectivity index (χ0n) is 25.7. The van der Waals surface area contributed by atoms with E-state index in [1.807, 2.05) is 48.5 Å². The second-order valence-electron chi connectivity index (χ2n) is 11.3. The summed E-state index contributed by atoms with van der Waals surface area (Å²) in [4.78, 5) is 12.7. The molecule has 0 amide bonds. The second kappa shape index (κ2) is 17.3. The highest BCUT2D eigenvalue weighted by Gasteiger charge is 2.10. The van der Waals surface area contributed by atoms with Crippen molar-refractivity contribution in [2.24, 2.45) is 5.92 Å². The van der Waals surface area contributed by atoms with Crippen molar-refractivity contribution in [2.75, 3.05) is 6.61 Å². The molecule has 0 spiro atoms. The van der Waals surface area contributed by atoms with Gasteiger partial charge in [0.15, 0.2) is 0 Å². The van der Waals surface area contributed by atoms with Gasteiger partial charge in [0.2, 0.25) is 0 Å². The van der Waals surface area contributed by atoms with Crippen LogP contribution in [0.4, 0.5) is 0 Å². The van der Waals surface area contributed by atoms with Gasteiger partial charge in [-0.1, -0.05) is 69.0 Å². The van der Waals surface area contributed by atoms with Crippen molar-refractivity contribution in [1.82, 2.24) is 0 Å². The van der Waals surface area contributed by atoms with Crippen molar-refractivity contribution in [1.29, 1.82) is 0 Å². The van der Waals surface area contributed by atoms with Crippen LogP contribution in [0.1, 0.15) is 96.3 Å². The van der Waals surface area contributed by atoms with Gasteiger partial charge in [-0.2, -0.15) is 0 Å². The van der Waals surface area contributed by atoms with Crippen LogP contribution in [0.2, 0.25) is 0 Å². The van der Waals surface area contributed by atoms with E-state index < -0.39 is 0 Å². The average Bonchev–Trinajstić information content (AvgIpc) is 2.96. The van der Waals surface area contributed by atoms with Gasteiger partial charge in [-0.25, -0.2) is 4.79 Å². The molecular weight excluding hydrogens is 508 g/mol. The molecule has 3 aromatic carbocycles. The Labute approximate surface area is 247 Å². The third kappa shape index (κ3) is 11.9. The summed E-state index contributed by atoms with van der Waals surface area (Å²) in [6.45, 7) is 11.6. The van der Waals surface area contributed by atoms with Crippen LogP contribution in [0.25, 0.3) is 11.1 Å².